The minimum absolute atomic E-state index is 0.0973. The number of carbonyl (C=O) groups is 1. The van der Waals surface area contributed by atoms with Gasteiger partial charge in [-0.15, -0.1) is 0 Å². The Bertz CT molecular complexity index is 742. The predicted molar refractivity (Wildman–Crippen MR) is 97.6 cm³/mol. The molecule has 0 saturated carbocycles. The summed E-state index contributed by atoms with van der Waals surface area (Å²) in [5.74, 6) is 1.07. The molecule has 0 spiro atoms. The Labute approximate surface area is 143 Å². The van der Waals surface area contributed by atoms with Crippen molar-refractivity contribution in [2.45, 2.75) is 32.1 Å². The normalized spacial score (nSPS) is 14.8. The van der Waals surface area contributed by atoms with E-state index in [0.717, 1.165) is 47.6 Å². The van der Waals surface area contributed by atoms with Crippen LogP contribution >= 0.6 is 0 Å². The van der Waals surface area contributed by atoms with E-state index in [1.54, 1.807) is 7.11 Å². The average molecular weight is 324 g/mol. The van der Waals surface area contributed by atoms with Crippen molar-refractivity contribution in [2.75, 3.05) is 24.3 Å². The molecule has 126 valence electrons. The first-order chi connectivity index (χ1) is 11.6. The van der Waals surface area contributed by atoms with Crippen LogP contribution in [-0.4, -0.2) is 19.6 Å². The summed E-state index contributed by atoms with van der Waals surface area (Å²) in [6, 6.07) is 13.7. The zero-order valence-electron chi connectivity index (χ0n) is 14.3. The van der Waals surface area contributed by atoms with Gasteiger partial charge in [-0.2, -0.15) is 0 Å². The number of methoxy groups -OCH3 is 1. The van der Waals surface area contributed by atoms with Crippen molar-refractivity contribution in [3.05, 3.63) is 53.6 Å². The highest BCUT2D eigenvalue weighted by molar-refractivity contribution is 5.96. The Balaban J connectivity index is 1.80. The molecule has 1 unspecified atom stereocenters. The number of anilines is 2. The summed E-state index contributed by atoms with van der Waals surface area (Å²) in [4.78, 5) is 14.8. The number of hydrogen-bond acceptors (Lipinski definition) is 3. The molecule has 0 fully saturated rings. The fourth-order valence-electron chi connectivity index (χ4n) is 3.47. The molecule has 4 heteroatoms. The van der Waals surface area contributed by atoms with Gasteiger partial charge in [-0.05, 0) is 48.1 Å². The molecule has 4 nitrogen and oxygen atoms in total. The lowest BCUT2D eigenvalue weighted by Crippen LogP contribution is -2.36. The standard InChI is InChI=1S/C20H24N2O2/c1-14(15-7-3-4-11-19(15)24-2)13-20(23)22-12-6-8-16-17(21)9-5-10-18(16)22/h3-5,7,9-11,14H,6,8,12-13,21H2,1-2H3. The molecule has 0 radical (unpaired) electrons. The van der Waals surface area contributed by atoms with Gasteiger partial charge in [-0.25, -0.2) is 0 Å². The topological polar surface area (TPSA) is 55.6 Å². The Hall–Kier alpha value is -2.49. The van der Waals surface area contributed by atoms with Gasteiger partial charge < -0.3 is 15.4 Å². The summed E-state index contributed by atoms with van der Waals surface area (Å²) < 4.78 is 5.42. The van der Waals surface area contributed by atoms with Crippen molar-refractivity contribution in [3.63, 3.8) is 0 Å². The zero-order chi connectivity index (χ0) is 17.1. The molecule has 1 amide bonds. The fourth-order valence-corrected chi connectivity index (χ4v) is 3.47. The molecule has 2 aromatic carbocycles. The fraction of sp³-hybridized carbons (Fsp3) is 0.350. The Morgan fingerprint density at radius 2 is 2.04 bits per heavy atom. The van der Waals surface area contributed by atoms with Crippen LogP contribution in [0.1, 0.15) is 36.8 Å². The first-order valence-electron chi connectivity index (χ1n) is 8.42. The number of ether oxygens (including phenoxy) is 1. The summed E-state index contributed by atoms with van der Waals surface area (Å²) in [5, 5.41) is 0. The van der Waals surface area contributed by atoms with E-state index < -0.39 is 0 Å². The lowest BCUT2D eigenvalue weighted by molar-refractivity contribution is -0.119. The SMILES string of the molecule is COc1ccccc1C(C)CC(=O)N1CCCc2c(N)cccc21. The second-order valence-electron chi connectivity index (χ2n) is 6.34. The number of nitrogen functional groups attached to an aromatic ring is 1. The van der Waals surface area contributed by atoms with Gasteiger partial charge in [0.05, 0.1) is 7.11 Å². The van der Waals surface area contributed by atoms with E-state index in [-0.39, 0.29) is 11.8 Å². The Morgan fingerprint density at radius 3 is 2.83 bits per heavy atom. The zero-order valence-corrected chi connectivity index (χ0v) is 14.3. The third-order valence-electron chi connectivity index (χ3n) is 4.74. The Kier molecular flexibility index (Phi) is 4.74. The van der Waals surface area contributed by atoms with Gasteiger partial charge in [-0.3, -0.25) is 4.79 Å². The molecule has 0 aromatic heterocycles. The van der Waals surface area contributed by atoms with E-state index in [9.17, 15) is 4.79 Å². The molecule has 1 aliphatic heterocycles. The summed E-state index contributed by atoms with van der Waals surface area (Å²) in [7, 11) is 1.66. The van der Waals surface area contributed by atoms with Crippen LogP contribution in [0.25, 0.3) is 0 Å². The molecule has 24 heavy (non-hydrogen) atoms. The monoisotopic (exact) mass is 324 g/mol. The van der Waals surface area contributed by atoms with Crippen molar-refractivity contribution in [3.8, 4) is 5.75 Å². The average Bonchev–Trinajstić information content (AvgIpc) is 2.61. The largest absolute Gasteiger partial charge is 0.496 e. The molecule has 0 aliphatic carbocycles. The smallest absolute Gasteiger partial charge is 0.227 e. The molecular formula is C20H24N2O2. The van der Waals surface area contributed by atoms with Gasteiger partial charge >= 0.3 is 0 Å². The van der Waals surface area contributed by atoms with Gasteiger partial charge in [0.15, 0.2) is 0 Å². The molecule has 2 N–H and O–H groups in total. The maximum absolute atomic E-state index is 12.9. The quantitative estimate of drug-likeness (QED) is 0.872. The van der Waals surface area contributed by atoms with Gasteiger partial charge in [0.2, 0.25) is 5.91 Å². The molecule has 0 bridgehead atoms. The van der Waals surface area contributed by atoms with Crippen molar-refractivity contribution >= 4 is 17.3 Å². The van der Waals surface area contributed by atoms with E-state index in [1.165, 1.54) is 0 Å². The molecule has 1 heterocycles. The van der Waals surface area contributed by atoms with Crippen LogP contribution in [0.3, 0.4) is 0 Å². The number of para-hydroxylation sites is 1. The van der Waals surface area contributed by atoms with Crippen LogP contribution in [0.5, 0.6) is 5.75 Å². The van der Waals surface area contributed by atoms with Crippen LogP contribution < -0.4 is 15.4 Å². The van der Waals surface area contributed by atoms with Crippen molar-refractivity contribution in [2.24, 2.45) is 0 Å². The minimum Gasteiger partial charge on any atom is -0.496 e. The highest BCUT2D eigenvalue weighted by atomic mass is 16.5. The number of nitrogens with zero attached hydrogens (tertiary/aromatic N) is 1. The lowest BCUT2D eigenvalue weighted by atomic mass is 9.94. The number of amides is 1. The number of fused-ring (bicyclic) bond motifs is 1. The van der Waals surface area contributed by atoms with E-state index >= 15 is 0 Å². The lowest BCUT2D eigenvalue weighted by Gasteiger charge is -2.31. The maximum atomic E-state index is 12.9. The van der Waals surface area contributed by atoms with Crippen LogP contribution in [0.15, 0.2) is 42.5 Å². The van der Waals surface area contributed by atoms with Crippen molar-refractivity contribution in [1.82, 2.24) is 0 Å². The van der Waals surface area contributed by atoms with Crippen molar-refractivity contribution in [1.29, 1.82) is 0 Å². The summed E-state index contributed by atoms with van der Waals surface area (Å²) >= 11 is 0. The molecule has 1 aliphatic rings. The van der Waals surface area contributed by atoms with E-state index in [2.05, 4.69) is 6.92 Å². The van der Waals surface area contributed by atoms with Crippen LogP contribution in [0.4, 0.5) is 11.4 Å². The summed E-state index contributed by atoms with van der Waals surface area (Å²) in [5.41, 5.74) is 10.00. The highest BCUT2D eigenvalue weighted by Gasteiger charge is 2.25. The number of nitrogens with two attached hydrogens (primary N) is 1. The molecule has 3 rings (SSSR count). The molecular weight excluding hydrogens is 300 g/mol. The Morgan fingerprint density at radius 1 is 1.25 bits per heavy atom. The van der Waals surface area contributed by atoms with Gasteiger partial charge in [0, 0.05) is 24.3 Å². The number of hydrogen-bond donors (Lipinski definition) is 1. The number of rotatable bonds is 4. The van der Waals surface area contributed by atoms with E-state index in [1.807, 2.05) is 47.4 Å². The third kappa shape index (κ3) is 3.09. The van der Waals surface area contributed by atoms with Crippen LogP contribution in [0.2, 0.25) is 0 Å². The molecule has 1 atom stereocenters. The van der Waals surface area contributed by atoms with Crippen LogP contribution in [0, 0.1) is 0 Å². The van der Waals surface area contributed by atoms with Gasteiger partial charge in [0.25, 0.3) is 0 Å². The predicted octanol–water partition coefficient (Wildman–Crippen LogP) is 3.75. The van der Waals surface area contributed by atoms with E-state index in [0.29, 0.717) is 6.42 Å². The van der Waals surface area contributed by atoms with Gasteiger partial charge in [0.1, 0.15) is 5.75 Å². The second-order valence-corrected chi connectivity index (χ2v) is 6.34. The first-order valence-corrected chi connectivity index (χ1v) is 8.42. The second kappa shape index (κ2) is 6.95. The molecule has 0 saturated heterocycles. The van der Waals surface area contributed by atoms with Crippen molar-refractivity contribution < 1.29 is 9.53 Å². The highest BCUT2D eigenvalue weighted by Crippen LogP contribution is 2.34. The third-order valence-corrected chi connectivity index (χ3v) is 4.74. The van der Waals surface area contributed by atoms with Gasteiger partial charge in [-0.1, -0.05) is 31.2 Å². The number of benzene rings is 2. The minimum atomic E-state index is 0.0973. The summed E-state index contributed by atoms with van der Waals surface area (Å²) in [6.45, 7) is 2.83. The maximum Gasteiger partial charge on any atom is 0.227 e. The van der Waals surface area contributed by atoms with E-state index in [4.69, 9.17) is 10.5 Å². The summed E-state index contributed by atoms with van der Waals surface area (Å²) in [6.07, 6.45) is 2.35. The van der Waals surface area contributed by atoms with Crippen LogP contribution in [-0.2, 0) is 11.2 Å². The number of carbonyl (C=O) groups excluding carboxylic acids is 1. The first kappa shape index (κ1) is 16.4. The molecule has 2 aromatic rings.